The van der Waals surface area contributed by atoms with E-state index in [1.807, 2.05) is 6.07 Å². The maximum absolute atomic E-state index is 6.52. The summed E-state index contributed by atoms with van der Waals surface area (Å²) in [4.78, 5) is 16.2. The number of para-hydroxylation sites is 4. The number of fused-ring (bicyclic) bond motifs is 13. The molecule has 0 spiro atoms. The Bertz CT molecular complexity index is 3880. The Morgan fingerprint density at radius 1 is 0.537 bits per heavy atom. The van der Waals surface area contributed by atoms with Crippen molar-refractivity contribution >= 4 is 49.2 Å². The van der Waals surface area contributed by atoms with Crippen molar-refractivity contribution in [3.05, 3.63) is 235 Å². The Hall–Kier alpha value is -8.35. The van der Waals surface area contributed by atoms with Crippen LogP contribution < -0.4 is 4.74 Å². The highest BCUT2D eigenvalue weighted by Gasteiger charge is 2.35. The molecule has 0 saturated heterocycles. The van der Waals surface area contributed by atoms with Crippen molar-refractivity contribution < 1.29 is 4.74 Å². The van der Waals surface area contributed by atoms with E-state index in [0.29, 0.717) is 11.6 Å². The molecule has 3 aromatic heterocycles. The molecule has 67 heavy (non-hydrogen) atoms. The van der Waals surface area contributed by atoms with Gasteiger partial charge in [-0.05, 0) is 95.3 Å². The average Bonchev–Trinajstić information content (AvgIpc) is 4.06. The molecule has 318 valence electrons. The summed E-state index contributed by atoms with van der Waals surface area (Å²) in [5.41, 5.74) is 15.2. The predicted molar refractivity (Wildman–Crippen MR) is 271 cm³/mol. The van der Waals surface area contributed by atoms with Gasteiger partial charge in [0.05, 0.1) is 22.1 Å². The Morgan fingerprint density at radius 2 is 1.16 bits per heavy atom. The van der Waals surface area contributed by atoms with Gasteiger partial charge in [-0.15, -0.1) is 0 Å². The van der Waals surface area contributed by atoms with Crippen LogP contribution in [0.4, 0.5) is 0 Å². The van der Waals surface area contributed by atoms with Crippen molar-refractivity contribution in [2.24, 2.45) is 0 Å². The maximum atomic E-state index is 6.52. The summed E-state index contributed by atoms with van der Waals surface area (Å²) in [7, 11) is 0. The number of hydrogen-bond acceptors (Lipinski definition) is 4. The Labute approximate surface area is 387 Å². The van der Waals surface area contributed by atoms with Crippen LogP contribution in [0.3, 0.4) is 0 Å². The van der Waals surface area contributed by atoms with E-state index in [9.17, 15) is 0 Å². The van der Waals surface area contributed by atoms with Crippen molar-refractivity contribution in [1.29, 1.82) is 0 Å². The highest BCUT2D eigenvalue weighted by atomic mass is 16.5. The number of nitrogens with zero attached hydrogens (tertiary/aromatic N) is 5. The molecule has 4 atom stereocenters. The van der Waals surface area contributed by atoms with Crippen molar-refractivity contribution in [3.63, 3.8) is 0 Å². The van der Waals surface area contributed by atoms with Crippen LogP contribution in [0.15, 0.2) is 206 Å². The molecular formula is C61H43N5O. The molecule has 0 N–H and O–H groups in total. The average molecular weight is 862 g/mol. The molecule has 4 unspecified atom stereocenters. The van der Waals surface area contributed by atoms with Crippen LogP contribution in [-0.2, 0) is 6.42 Å². The van der Waals surface area contributed by atoms with Crippen molar-refractivity contribution in [2.75, 3.05) is 0 Å². The second-order valence-electron chi connectivity index (χ2n) is 18.3. The summed E-state index contributed by atoms with van der Waals surface area (Å²) in [6.07, 6.45) is 7.41. The third kappa shape index (κ3) is 5.85. The number of rotatable bonds is 6. The van der Waals surface area contributed by atoms with E-state index >= 15 is 0 Å². The third-order valence-corrected chi connectivity index (χ3v) is 14.6. The minimum absolute atomic E-state index is 0.0103. The zero-order valence-corrected chi connectivity index (χ0v) is 36.8. The summed E-state index contributed by atoms with van der Waals surface area (Å²) >= 11 is 0. The Kier molecular flexibility index (Phi) is 8.41. The lowest BCUT2D eigenvalue weighted by Gasteiger charge is -2.31. The largest absolute Gasteiger partial charge is 0.485 e. The molecule has 11 aromatic rings. The summed E-state index contributed by atoms with van der Waals surface area (Å²) in [5, 5.41) is 4.93. The fourth-order valence-corrected chi connectivity index (χ4v) is 11.5. The SMILES string of the molecule is CC(c1nc(C2=CC3Oc4ccccc4C3C=C2)nc(-c2cccc(-n3c4ccccc4c4c5c6ccccc6n(-c6ccccc6)c5ccc43)c2)n1)C1Cc2ccccc2-c2ccccc21. The molecule has 1 aliphatic heterocycles. The minimum atomic E-state index is -0.132. The van der Waals surface area contributed by atoms with Crippen LogP contribution >= 0.6 is 0 Å². The molecule has 6 nitrogen and oxygen atoms in total. The molecule has 6 heteroatoms. The van der Waals surface area contributed by atoms with Crippen molar-refractivity contribution in [3.8, 4) is 39.6 Å². The van der Waals surface area contributed by atoms with Gasteiger partial charge in [0.2, 0.25) is 0 Å². The first-order chi connectivity index (χ1) is 33.1. The molecule has 4 heterocycles. The van der Waals surface area contributed by atoms with Crippen LogP contribution in [0.25, 0.3) is 83.1 Å². The lowest BCUT2D eigenvalue weighted by atomic mass is 9.73. The Morgan fingerprint density at radius 3 is 1.96 bits per heavy atom. The van der Waals surface area contributed by atoms with E-state index in [4.69, 9.17) is 19.7 Å². The first kappa shape index (κ1) is 38.0. The van der Waals surface area contributed by atoms with E-state index in [2.05, 4.69) is 216 Å². The van der Waals surface area contributed by atoms with E-state index in [1.54, 1.807) is 0 Å². The second-order valence-corrected chi connectivity index (χ2v) is 18.3. The van der Waals surface area contributed by atoms with E-state index in [-0.39, 0.29) is 23.9 Å². The third-order valence-electron chi connectivity index (χ3n) is 14.6. The lowest BCUT2D eigenvalue weighted by Crippen LogP contribution is -2.21. The number of benzene rings is 8. The number of allylic oxidation sites excluding steroid dienone is 2. The standard InChI is InChI=1S/C61H43N5O/c1-37(50-35-38-16-5-6-21-43(38)44-22-7-8-23-45(44)50)59-62-60(64-61(63-59)40-30-31-47-46-24-11-14-29-55(46)67-56(47)36-40)39-17-15-20-42(34-39)66-52-28-13-10-26-49(52)58-54(66)33-32-53-57(58)48-25-9-12-27-51(48)65(53)41-18-3-2-4-19-41/h2-34,36-37,47,50,56H,35H2,1H3. The minimum Gasteiger partial charge on any atom is -0.485 e. The van der Waals surface area contributed by atoms with Gasteiger partial charge >= 0.3 is 0 Å². The monoisotopic (exact) mass is 861 g/mol. The first-order valence-corrected chi connectivity index (χ1v) is 23.4. The normalized spacial score (nSPS) is 17.5. The summed E-state index contributed by atoms with van der Waals surface area (Å²) in [6, 6.07) is 67.6. The number of aromatic nitrogens is 5. The predicted octanol–water partition coefficient (Wildman–Crippen LogP) is 14.3. The molecule has 0 saturated carbocycles. The van der Waals surface area contributed by atoms with Crippen LogP contribution in [0, 0.1) is 0 Å². The van der Waals surface area contributed by atoms with Gasteiger partial charge in [-0.3, -0.25) is 0 Å². The molecule has 0 bridgehead atoms. The van der Waals surface area contributed by atoms with Gasteiger partial charge in [-0.2, -0.15) is 0 Å². The zero-order valence-electron chi connectivity index (χ0n) is 36.8. The van der Waals surface area contributed by atoms with Gasteiger partial charge in [-0.1, -0.05) is 153 Å². The van der Waals surface area contributed by atoms with Gasteiger partial charge in [-0.25, -0.2) is 15.0 Å². The molecule has 2 aliphatic carbocycles. The van der Waals surface area contributed by atoms with Gasteiger partial charge in [0, 0.05) is 61.5 Å². The van der Waals surface area contributed by atoms with Gasteiger partial charge in [0.1, 0.15) is 17.7 Å². The van der Waals surface area contributed by atoms with Gasteiger partial charge < -0.3 is 13.9 Å². The summed E-state index contributed by atoms with van der Waals surface area (Å²) in [6.45, 7) is 2.29. The summed E-state index contributed by atoms with van der Waals surface area (Å²) in [5.74, 6) is 3.35. The fraction of sp³-hybridized carbons (Fsp3) is 0.0984. The second kappa shape index (κ2) is 14.8. The number of ether oxygens (including phenoxy) is 1. The van der Waals surface area contributed by atoms with E-state index in [0.717, 1.165) is 51.5 Å². The zero-order chi connectivity index (χ0) is 44.2. The Balaban J connectivity index is 0.937. The topological polar surface area (TPSA) is 57.8 Å². The number of hydrogen-bond donors (Lipinski definition) is 0. The van der Waals surface area contributed by atoms with Crippen LogP contribution in [0.2, 0.25) is 0 Å². The molecule has 0 fully saturated rings. The lowest BCUT2D eigenvalue weighted by molar-refractivity contribution is 0.269. The highest BCUT2D eigenvalue weighted by Crippen LogP contribution is 2.47. The summed E-state index contributed by atoms with van der Waals surface area (Å²) < 4.78 is 11.3. The molecule has 8 aromatic carbocycles. The maximum Gasteiger partial charge on any atom is 0.163 e. The molecule has 3 aliphatic rings. The van der Waals surface area contributed by atoms with E-state index < -0.39 is 0 Å². The van der Waals surface area contributed by atoms with Crippen LogP contribution in [0.1, 0.15) is 53.0 Å². The van der Waals surface area contributed by atoms with Crippen molar-refractivity contribution in [1.82, 2.24) is 24.1 Å². The highest BCUT2D eigenvalue weighted by molar-refractivity contribution is 6.28. The van der Waals surface area contributed by atoms with Crippen molar-refractivity contribution in [2.45, 2.75) is 37.2 Å². The first-order valence-electron chi connectivity index (χ1n) is 23.4. The molecule has 0 radical (unpaired) electrons. The van der Waals surface area contributed by atoms with Crippen LogP contribution in [0.5, 0.6) is 5.75 Å². The quantitative estimate of drug-likeness (QED) is 0.167. The molecular weight excluding hydrogens is 819 g/mol. The van der Waals surface area contributed by atoms with Gasteiger partial charge in [0.15, 0.2) is 11.6 Å². The molecule has 14 rings (SSSR count). The smallest absolute Gasteiger partial charge is 0.163 e. The van der Waals surface area contributed by atoms with E-state index in [1.165, 1.54) is 60.4 Å². The molecule has 0 amide bonds. The van der Waals surface area contributed by atoms with Gasteiger partial charge in [0.25, 0.3) is 0 Å². The van der Waals surface area contributed by atoms with Crippen LogP contribution in [-0.4, -0.2) is 30.2 Å². The fourth-order valence-electron chi connectivity index (χ4n) is 11.5.